The minimum absolute atomic E-state index is 0.0676. The zero-order valence-corrected chi connectivity index (χ0v) is 17.0. The van der Waals surface area contributed by atoms with Crippen molar-refractivity contribution < 1.29 is 28.7 Å². The van der Waals surface area contributed by atoms with Gasteiger partial charge in [-0.3, -0.25) is 9.59 Å². The van der Waals surface area contributed by atoms with Crippen LogP contribution >= 0.6 is 0 Å². The first-order valence-electron chi connectivity index (χ1n) is 7.93. The monoisotopic (exact) mass is 361 g/mol. The Bertz CT molecular complexity index is 476. The highest BCUT2D eigenvalue weighted by Crippen LogP contribution is 2.36. The van der Waals surface area contributed by atoms with Crippen molar-refractivity contribution in [1.29, 1.82) is 0 Å². The van der Waals surface area contributed by atoms with Gasteiger partial charge in [0.25, 0.3) is 0 Å². The number of Topliss-reactive ketones (excluding diaryl/α,β-unsaturated/α-hetero) is 1. The molecule has 2 N–H and O–H groups in total. The highest BCUT2D eigenvalue weighted by molar-refractivity contribution is 6.74. The van der Waals surface area contributed by atoms with Crippen molar-refractivity contribution in [1.82, 2.24) is 5.32 Å². The Hall–Kier alpha value is -1.41. The summed E-state index contributed by atoms with van der Waals surface area (Å²) < 4.78 is 11.1. The van der Waals surface area contributed by atoms with Crippen molar-refractivity contribution in [3.63, 3.8) is 0 Å². The largest absolute Gasteiger partial charge is 0.481 e. The Morgan fingerprint density at radius 3 is 1.96 bits per heavy atom. The van der Waals surface area contributed by atoms with Crippen LogP contribution in [0.1, 0.15) is 48.0 Å². The predicted molar refractivity (Wildman–Crippen MR) is 93.6 cm³/mol. The van der Waals surface area contributed by atoms with Gasteiger partial charge in [-0.15, -0.1) is 0 Å². The van der Waals surface area contributed by atoms with E-state index in [9.17, 15) is 14.4 Å². The summed E-state index contributed by atoms with van der Waals surface area (Å²) >= 11 is 0. The number of rotatable bonds is 7. The average molecular weight is 362 g/mol. The zero-order valence-electron chi connectivity index (χ0n) is 16.0. The first-order valence-corrected chi connectivity index (χ1v) is 10.8. The summed E-state index contributed by atoms with van der Waals surface area (Å²) in [6, 6.07) is -1.05. The Kier molecular flexibility index (Phi) is 7.63. The number of carboxylic acids is 1. The smallest absolute Gasteiger partial charge is 0.408 e. The van der Waals surface area contributed by atoms with Gasteiger partial charge in [-0.2, -0.15) is 0 Å². The molecule has 1 amide bonds. The van der Waals surface area contributed by atoms with Crippen LogP contribution in [0.4, 0.5) is 4.79 Å². The van der Waals surface area contributed by atoms with E-state index in [4.69, 9.17) is 14.3 Å². The lowest BCUT2D eigenvalue weighted by Gasteiger charge is -2.37. The second-order valence-electron chi connectivity index (χ2n) is 8.31. The van der Waals surface area contributed by atoms with Crippen LogP contribution in [-0.4, -0.2) is 49.5 Å². The van der Waals surface area contributed by atoms with Gasteiger partial charge >= 0.3 is 12.1 Å². The SMILES string of the molecule is CC(C)(C)OC(=O)NC(CO[Si](C)(C)C(C)(C)C)C(=O)CC(=O)O. The third-order valence-corrected chi connectivity index (χ3v) is 8.32. The Morgan fingerprint density at radius 1 is 1.08 bits per heavy atom. The molecule has 0 saturated heterocycles. The van der Waals surface area contributed by atoms with Crippen LogP contribution in [0.5, 0.6) is 0 Å². The van der Waals surface area contributed by atoms with Crippen LogP contribution in [0.2, 0.25) is 18.1 Å². The molecule has 8 heteroatoms. The molecule has 0 saturated carbocycles. The number of hydrogen-bond acceptors (Lipinski definition) is 5. The molecule has 0 radical (unpaired) electrons. The number of ketones is 1. The molecule has 0 aliphatic heterocycles. The summed E-state index contributed by atoms with van der Waals surface area (Å²) in [7, 11) is -2.14. The minimum Gasteiger partial charge on any atom is -0.481 e. The summed E-state index contributed by atoms with van der Waals surface area (Å²) in [5.74, 6) is -1.87. The minimum atomic E-state index is -2.14. The fourth-order valence-corrected chi connectivity index (χ4v) is 2.46. The molecular formula is C16H31NO6Si. The van der Waals surface area contributed by atoms with E-state index in [1.807, 2.05) is 13.1 Å². The summed E-state index contributed by atoms with van der Waals surface area (Å²) in [4.78, 5) is 34.8. The maximum Gasteiger partial charge on any atom is 0.408 e. The molecule has 0 aliphatic rings. The number of carbonyl (C=O) groups is 3. The first-order chi connectivity index (χ1) is 10.5. The number of ether oxygens (including phenoxy) is 1. The second-order valence-corrected chi connectivity index (χ2v) is 13.1. The van der Waals surface area contributed by atoms with Crippen LogP contribution < -0.4 is 5.32 Å². The molecule has 0 heterocycles. The molecular weight excluding hydrogens is 330 g/mol. The molecule has 0 rings (SSSR count). The van der Waals surface area contributed by atoms with E-state index in [1.54, 1.807) is 20.8 Å². The van der Waals surface area contributed by atoms with Crippen molar-refractivity contribution >= 4 is 26.2 Å². The molecule has 7 nitrogen and oxygen atoms in total. The van der Waals surface area contributed by atoms with E-state index in [1.165, 1.54) is 0 Å². The fraction of sp³-hybridized carbons (Fsp3) is 0.812. The first kappa shape index (κ1) is 22.6. The molecule has 0 bridgehead atoms. The second kappa shape index (κ2) is 8.11. The fourth-order valence-electron chi connectivity index (χ4n) is 1.45. The van der Waals surface area contributed by atoms with Crippen LogP contribution in [0.3, 0.4) is 0 Å². The number of nitrogens with one attached hydrogen (secondary N) is 1. The lowest BCUT2D eigenvalue weighted by molar-refractivity contribution is -0.140. The zero-order chi connectivity index (χ0) is 19.3. The van der Waals surface area contributed by atoms with Crippen molar-refractivity contribution in [2.24, 2.45) is 0 Å². The molecule has 1 unspecified atom stereocenters. The molecule has 0 aliphatic carbocycles. The molecule has 1 atom stereocenters. The topological polar surface area (TPSA) is 102 Å². The molecule has 0 aromatic carbocycles. The van der Waals surface area contributed by atoms with E-state index < -0.39 is 44.2 Å². The van der Waals surface area contributed by atoms with Gasteiger partial charge in [0.1, 0.15) is 18.1 Å². The number of alkyl carbamates (subject to hydrolysis) is 1. The number of aliphatic carboxylic acids is 1. The van der Waals surface area contributed by atoms with Crippen LogP contribution in [0.15, 0.2) is 0 Å². The Labute approximate surface area is 145 Å². The number of amides is 1. The lowest BCUT2D eigenvalue weighted by Crippen LogP contribution is -2.50. The van der Waals surface area contributed by atoms with E-state index in [0.29, 0.717) is 0 Å². The van der Waals surface area contributed by atoms with Gasteiger partial charge in [-0.1, -0.05) is 20.8 Å². The quantitative estimate of drug-likeness (QED) is 0.534. The van der Waals surface area contributed by atoms with Crippen LogP contribution in [0, 0.1) is 0 Å². The normalized spacial score (nSPS) is 14.0. The summed E-state index contributed by atoms with van der Waals surface area (Å²) in [6.45, 7) is 15.2. The van der Waals surface area contributed by atoms with E-state index in [0.717, 1.165) is 0 Å². The van der Waals surface area contributed by atoms with E-state index in [2.05, 4.69) is 26.1 Å². The maximum absolute atomic E-state index is 12.1. The highest BCUT2D eigenvalue weighted by Gasteiger charge is 2.38. The third-order valence-electron chi connectivity index (χ3n) is 3.82. The van der Waals surface area contributed by atoms with Gasteiger partial charge in [0.2, 0.25) is 0 Å². The predicted octanol–water partition coefficient (Wildman–Crippen LogP) is 2.95. The van der Waals surface area contributed by atoms with E-state index >= 15 is 0 Å². The molecule has 0 spiro atoms. The summed E-state index contributed by atoms with van der Waals surface area (Å²) in [5.41, 5.74) is -0.717. The number of carbonyl (C=O) groups excluding carboxylic acids is 2. The van der Waals surface area contributed by atoms with Gasteiger partial charge in [-0.25, -0.2) is 4.79 Å². The molecule has 0 aromatic heterocycles. The number of carboxylic acid groups (broad SMARTS) is 1. The van der Waals surface area contributed by atoms with Gasteiger partial charge in [-0.05, 0) is 38.9 Å². The van der Waals surface area contributed by atoms with Gasteiger partial charge in [0.15, 0.2) is 14.1 Å². The third kappa shape index (κ3) is 8.44. The number of hydrogen-bond donors (Lipinski definition) is 2. The van der Waals surface area contributed by atoms with Crippen LogP contribution in [-0.2, 0) is 18.8 Å². The molecule has 140 valence electrons. The average Bonchev–Trinajstić information content (AvgIpc) is 2.29. The summed E-state index contributed by atoms with van der Waals surface area (Å²) in [6.07, 6.45) is -1.45. The molecule has 0 aromatic rings. The standard InChI is InChI=1S/C16H31NO6Si/c1-15(2,3)23-14(21)17-11(12(18)9-13(19)20)10-22-24(7,8)16(4,5)6/h11H,9-10H2,1-8H3,(H,17,21)(H,19,20). The van der Waals surface area contributed by atoms with Crippen molar-refractivity contribution in [2.75, 3.05) is 6.61 Å². The lowest BCUT2D eigenvalue weighted by atomic mass is 10.1. The molecule has 24 heavy (non-hydrogen) atoms. The Morgan fingerprint density at radius 2 is 1.58 bits per heavy atom. The van der Waals surface area contributed by atoms with Crippen molar-refractivity contribution in [2.45, 2.75) is 77.7 Å². The van der Waals surface area contributed by atoms with Gasteiger partial charge in [0, 0.05) is 0 Å². The van der Waals surface area contributed by atoms with E-state index in [-0.39, 0.29) is 11.6 Å². The summed E-state index contributed by atoms with van der Waals surface area (Å²) in [5, 5.41) is 11.2. The Balaban J connectivity index is 5.05. The van der Waals surface area contributed by atoms with Crippen molar-refractivity contribution in [3.8, 4) is 0 Å². The highest BCUT2D eigenvalue weighted by atomic mass is 28.4. The van der Waals surface area contributed by atoms with Crippen LogP contribution in [0.25, 0.3) is 0 Å². The van der Waals surface area contributed by atoms with Crippen molar-refractivity contribution in [3.05, 3.63) is 0 Å². The maximum atomic E-state index is 12.1. The molecule has 0 fully saturated rings. The van der Waals surface area contributed by atoms with Gasteiger partial charge < -0.3 is 19.6 Å². The van der Waals surface area contributed by atoms with Gasteiger partial charge in [0.05, 0.1) is 6.61 Å².